The van der Waals surface area contributed by atoms with E-state index in [2.05, 4.69) is 16.9 Å². The number of halogens is 1. The van der Waals surface area contributed by atoms with Crippen molar-refractivity contribution >= 4 is 46.5 Å². The standard InChI is InChI=1S/C5H11NO2S.C5H9NO2.C3H7NO2.C2H3ClO/c1-9-3-2-4(6)5(7)8;7-5(8)4-2-1-3-6-4;1-2(4)3(5)6;1-2(3)4/h4H,2-3,6H2,1H3,(H,7,8);4,6H,1-3H2,(H,7,8);2H,4H2,1H3,(H,5,6);1H3/t2*4-;2-;/m000./s1. The molecule has 3 atom stereocenters. The number of thioether (sulfide) groups is 1. The predicted octanol–water partition coefficient (Wildman–Crippen LogP) is 0.164. The second-order valence-electron chi connectivity index (χ2n) is 5.31. The second kappa shape index (κ2) is 19.4. The van der Waals surface area contributed by atoms with Gasteiger partial charge in [0.25, 0.3) is 0 Å². The molecule has 0 unspecified atom stereocenters. The fourth-order valence-electron chi connectivity index (χ4n) is 1.26. The van der Waals surface area contributed by atoms with Crippen LogP contribution in [0, 0.1) is 0 Å². The van der Waals surface area contributed by atoms with Crippen LogP contribution in [0.1, 0.15) is 33.1 Å². The van der Waals surface area contributed by atoms with E-state index < -0.39 is 30.0 Å². The summed E-state index contributed by atoms with van der Waals surface area (Å²) in [4.78, 5) is 39.0. The average molecular weight is 432 g/mol. The third-order valence-electron chi connectivity index (χ3n) is 2.70. The molecule has 8 N–H and O–H groups in total. The van der Waals surface area contributed by atoms with E-state index in [4.69, 9.17) is 26.8 Å². The summed E-state index contributed by atoms with van der Waals surface area (Å²) < 4.78 is 0. The Labute approximate surface area is 168 Å². The number of carboxylic acids is 3. The normalized spacial score (nSPS) is 16.7. The molecule has 27 heavy (non-hydrogen) atoms. The van der Waals surface area contributed by atoms with Gasteiger partial charge in [0.1, 0.15) is 18.1 Å². The smallest absolute Gasteiger partial charge is 0.320 e. The van der Waals surface area contributed by atoms with E-state index in [1.54, 1.807) is 11.8 Å². The predicted molar refractivity (Wildman–Crippen MR) is 105 cm³/mol. The SMILES string of the molecule is CC(=O)Cl.CSCC[C@H](N)C(=O)O.C[C@H](N)C(=O)O.O=C(O)[C@@H]1CCCN1. The van der Waals surface area contributed by atoms with Crippen molar-refractivity contribution < 1.29 is 34.5 Å². The molecule has 1 rings (SSSR count). The Hall–Kier alpha value is -1.40. The fraction of sp³-hybridized carbons (Fsp3) is 0.733. The molecule has 1 heterocycles. The minimum absolute atomic E-state index is 0.269. The topological polar surface area (TPSA) is 193 Å². The number of hydrogen-bond acceptors (Lipinski definition) is 8. The Bertz CT molecular complexity index is 443. The van der Waals surface area contributed by atoms with Crippen molar-refractivity contribution in [3.63, 3.8) is 0 Å². The third-order valence-corrected chi connectivity index (χ3v) is 3.34. The number of carbonyl (C=O) groups is 4. The molecule has 10 nitrogen and oxygen atoms in total. The number of rotatable bonds is 6. The summed E-state index contributed by atoms with van der Waals surface area (Å²) >= 11 is 6.24. The number of hydrogen-bond donors (Lipinski definition) is 6. The van der Waals surface area contributed by atoms with Crippen LogP contribution in [0.15, 0.2) is 0 Å². The van der Waals surface area contributed by atoms with Gasteiger partial charge in [-0.25, -0.2) is 0 Å². The van der Waals surface area contributed by atoms with E-state index in [0.717, 1.165) is 25.1 Å². The molecule has 1 aliphatic rings. The molecule has 1 saturated heterocycles. The Kier molecular flexibility index (Phi) is 21.8. The van der Waals surface area contributed by atoms with Gasteiger partial charge in [0.15, 0.2) is 0 Å². The highest BCUT2D eigenvalue weighted by atomic mass is 35.5. The molecule has 1 aliphatic heterocycles. The molecule has 0 aromatic heterocycles. The van der Waals surface area contributed by atoms with Crippen molar-refractivity contribution in [1.82, 2.24) is 5.32 Å². The van der Waals surface area contributed by atoms with E-state index in [9.17, 15) is 19.2 Å². The van der Waals surface area contributed by atoms with Gasteiger partial charge in [-0.1, -0.05) is 0 Å². The second-order valence-corrected chi connectivity index (χ2v) is 6.83. The van der Waals surface area contributed by atoms with Gasteiger partial charge in [0, 0.05) is 6.92 Å². The quantitative estimate of drug-likeness (QED) is 0.313. The molecule has 0 aromatic carbocycles. The van der Waals surface area contributed by atoms with E-state index in [1.165, 1.54) is 13.8 Å². The zero-order valence-corrected chi connectivity index (χ0v) is 17.3. The van der Waals surface area contributed by atoms with Crippen molar-refractivity contribution in [3.8, 4) is 0 Å². The minimum Gasteiger partial charge on any atom is -0.480 e. The highest BCUT2D eigenvalue weighted by Gasteiger charge is 2.20. The fourth-order valence-corrected chi connectivity index (χ4v) is 1.75. The molecule has 0 radical (unpaired) electrons. The molecule has 0 aliphatic carbocycles. The maximum absolute atomic E-state index is 10.1. The summed E-state index contributed by atoms with van der Waals surface area (Å²) in [6, 6.07) is -1.68. The first-order valence-electron chi connectivity index (χ1n) is 7.94. The van der Waals surface area contributed by atoms with E-state index >= 15 is 0 Å². The Balaban J connectivity index is -0.000000296. The zero-order valence-electron chi connectivity index (χ0n) is 15.7. The van der Waals surface area contributed by atoms with Crippen LogP contribution >= 0.6 is 23.4 Å². The van der Waals surface area contributed by atoms with Crippen molar-refractivity contribution in [2.75, 3.05) is 18.6 Å². The number of nitrogens with two attached hydrogens (primary N) is 2. The first kappa shape index (κ1) is 30.3. The summed E-state index contributed by atoms with van der Waals surface area (Å²) in [5.41, 5.74) is 10.0. The first-order chi connectivity index (χ1) is 12.4. The number of carbonyl (C=O) groups excluding carboxylic acids is 1. The lowest BCUT2D eigenvalue weighted by atomic mass is 10.2. The van der Waals surface area contributed by atoms with Crippen LogP contribution in [0.5, 0.6) is 0 Å². The van der Waals surface area contributed by atoms with Crippen molar-refractivity contribution in [2.24, 2.45) is 11.5 Å². The zero-order chi connectivity index (χ0) is 22.0. The van der Waals surface area contributed by atoms with Crippen molar-refractivity contribution in [2.45, 2.75) is 51.2 Å². The molecule has 1 fully saturated rings. The summed E-state index contributed by atoms with van der Waals surface area (Å²) in [5.74, 6) is -1.78. The van der Waals surface area contributed by atoms with E-state index in [1.807, 2.05) is 6.26 Å². The summed E-state index contributed by atoms with van der Waals surface area (Å²) in [7, 11) is 0. The van der Waals surface area contributed by atoms with Crippen LogP contribution in [0.3, 0.4) is 0 Å². The lowest BCUT2D eigenvalue weighted by Gasteiger charge is -2.02. The number of carboxylic acid groups (broad SMARTS) is 3. The molecule has 160 valence electrons. The van der Waals surface area contributed by atoms with Crippen LogP contribution < -0.4 is 16.8 Å². The molecule has 0 aromatic rings. The lowest BCUT2D eigenvalue weighted by molar-refractivity contribution is -0.139. The first-order valence-corrected chi connectivity index (χ1v) is 9.71. The minimum atomic E-state index is -0.963. The molecular weight excluding hydrogens is 402 g/mol. The van der Waals surface area contributed by atoms with Crippen molar-refractivity contribution in [1.29, 1.82) is 0 Å². The maximum atomic E-state index is 10.1. The Morgan fingerprint density at radius 2 is 1.63 bits per heavy atom. The van der Waals surface area contributed by atoms with Gasteiger partial charge in [-0.2, -0.15) is 11.8 Å². The van der Waals surface area contributed by atoms with Gasteiger partial charge in [-0.05, 0) is 56.3 Å². The molecule has 0 bridgehead atoms. The van der Waals surface area contributed by atoms with Gasteiger partial charge in [-0.3, -0.25) is 19.2 Å². The maximum Gasteiger partial charge on any atom is 0.320 e. The highest BCUT2D eigenvalue weighted by Crippen LogP contribution is 2.03. The lowest BCUT2D eigenvalue weighted by Crippen LogP contribution is -2.30. The van der Waals surface area contributed by atoms with Crippen LogP contribution in [0.2, 0.25) is 0 Å². The summed E-state index contributed by atoms with van der Waals surface area (Å²) in [6.07, 6.45) is 4.26. The van der Waals surface area contributed by atoms with Crippen LogP contribution in [-0.2, 0) is 19.2 Å². The molecule has 12 heteroatoms. The average Bonchev–Trinajstić information content (AvgIpc) is 3.07. The van der Waals surface area contributed by atoms with Gasteiger partial charge >= 0.3 is 17.9 Å². The van der Waals surface area contributed by atoms with Gasteiger partial charge in [-0.15, -0.1) is 0 Å². The number of nitrogens with one attached hydrogen (secondary N) is 1. The van der Waals surface area contributed by atoms with Gasteiger partial charge in [0.2, 0.25) is 5.24 Å². The molecule has 0 saturated carbocycles. The van der Waals surface area contributed by atoms with Gasteiger partial charge < -0.3 is 32.1 Å². The molecule has 0 spiro atoms. The van der Waals surface area contributed by atoms with Crippen molar-refractivity contribution in [3.05, 3.63) is 0 Å². The van der Waals surface area contributed by atoms with Crippen LogP contribution in [0.25, 0.3) is 0 Å². The van der Waals surface area contributed by atoms with Gasteiger partial charge in [0.05, 0.1) is 0 Å². The molecule has 0 amide bonds. The highest BCUT2D eigenvalue weighted by molar-refractivity contribution is 7.98. The number of aliphatic carboxylic acids is 3. The Morgan fingerprint density at radius 3 is 1.81 bits per heavy atom. The molecular formula is C15H30ClN3O7S. The monoisotopic (exact) mass is 431 g/mol. The van der Waals surface area contributed by atoms with Crippen LogP contribution in [-0.4, -0.2) is 75.1 Å². The van der Waals surface area contributed by atoms with Crippen LogP contribution in [0.4, 0.5) is 0 Å². The summed E-state index contributed by atoms with van der Waals surface area (Å²) in [5, 5.41) is 27.0. The third kappa shape index (κ3) is 26.9. The van der Waals surface area contributed by atoms with E-state index in [0.29, 0.717) is 6.42 Å². The largest absolute Gasteiger partial charge is 0.480 e. The summed E-state index contributed by atoms with van der Waals surface area (Å²) in [6.45, 7) is 3.57. The Morgan fingerprint density at radius 1 is 1.19 bits per heavy atom. The van der Waals surface area contributed by atoms with E-state index in [-0.39, 0.29) is 11.3 Å².